The monoisotopic (exact) mass is 256 g/mol. The van der Waals surface area contributed by atoms with Crippen LogP contribution < -0.4 is 10.4 Å². The van der Waals surface area contributed by atoms with Gasteiger partial charge in [-0.15, -0.1) is 0 Å². The number of amides is 1. The van der Waals surface area contributed by atoms with E-state index >= 15 is 0 Å². The van der Waals surface area contributed by atoms with Crippen LogP contribution in [0.5, 0.6) is 0 Å². The molecule has 0 aromatic heterocycles. The SMILES string of the molecule is CC(C)OC(=O)CC[C@@]1(C(=O)[O-])CCC(=O)NC1. The normalized spacial score (nSPS) is 23.6. The van der Waals surface area contributed by atoms with E-state index in [0.717, 1.165) is 0 Å². The van der Waals surface area contributed by atoms with Crippen LogP contribution in [0.2, 0.25) is 0 Å². The van der Waals surface area contributed by atoms with Gasteiger partial charge in [0.1, 0.15) is 0 Å². The number of carbonyl (C=O) groups excluding carboxylic acids is 3. The van der Waals surface area contributed by atoms with E-state index in [1.165, 1.54) is 0 Å². The van der Waals surface area contributed by atoms with Gasteiger partial charge >= 0.3 is 5.97 Å². The predicted octanol–water partition coefficient (Wildman–Crippen LogP) is -0.635. The second-order valence-electron chi connectivity index (χ2n) is 4.88. The molecule has 18 heavy (non-hydrogen) atoms. The maximum absolute atomic E-state index is 11.4. The first-order valence-electron chi connectivity index (χ1n) is 6.03. The molecule has 0 radical (unpaired) electrons. The summed E-state index contributed by atoms with van der Waals surface area (Å²) in [6, 6.07) is 0. The second-order valence-corrected chi connectivity index (χ2v) is 4.88. The molecule has 1 heterocycles. The Hall–Kier alpha value is -1.59. The number of nitrogens with one attached hydrogen (secondary N) is 1. The summed E-state index contributed by atoms with van der Waals surface area (Å²) in [5.41, 5.74) is -1.15. The Balaban J connectivity index is 2.56. The van der Waals surface area contributed by atoms with Crippen LogP contribution in [-0.2, 0) is 19.1 Å². The minimum Gasteiger partial charge on any atom is -0.549 e. The minimum absolute atomic E-state index is 0.0159. The van der Waals surface area contributed by atoms with Gasteiger partial charge in [0, 0.05) is 30.8 Å². The van der Waals surface area contributed by atoms with Crippen molar-refractivity contribution >= 4 is 17.8 Å². The number of carboxylic acids is 1. The van der Waals surface area contributed by atoms with E-state index in [0.29, 0.717) is 0 Å². The van der Waals surface area contributed by atoms with Crippen molar-refractivity contribution in [2.75, 3.05) is 6.54 Å². The number of carbonyl (C=O) groups is 3. The number of ether oxygens (including phenoxy) is 1. The summed E-state index contributed by atoms with van der Waals surface area (Å²) in [6.45, 7) is 3.48. The van der Waals surface area contributed by atoms with Crippen molar-refractivity contribution in [3.63, 3.8) is 0 Å². The van der Waals surface area contributed by atoms with E-state index in [9.17, 15) is 19.5 Å². The van der Waals surface area contributed by atoms with Crippen molar-refractivity contribution in [1.29, 1.82) is 0 Å². The summed E-state index contributed by atoms with van der Waals surface area (Å²) in [6.07, 6.45) is 0.273. The zero-order valence-electron chi connectivity index (χ0n) is 10.7. The molecule has 6 heteroatoms. The first kappa shape index (κ1) is 14.5. The highest BCUT2D eigenvalue weighted by molar-refractivity contribution is 5.82. The van der Waals surface area contributed by atoms with Crippen LogP contribution in [0.25, 0.3) is 0 Å². The average molecular weight is 256 g/mol. The fraction of sp³-hybridized carbons (Fsp3) is 0.750. The van der Waals surface area contributed by atoms with Crippen LogP contribution in [-0.4, -0.2) is 30.5 Å². The van der Waals surface area contributed by atoms with Gasteiger partial charge in [0.2, 0.25) is 5.91 Å². The minimum atomic E-state index is -1.22. The van der Waals surface area contributed by atoms with E-state index in [-0.39, 0.29) is 44.2 Å². The smallest absolute Gasteiger partial charge is 0.306 e. The summed E-state index contributed by atoms with van der Waals surface area (Å²) in [5.74, 6) is -1.82. The van der Waals surface area contributed by atoms with Gasteiger partial charge in [-0.25, -0.2) is 0 Å². The lowest BCUT2D eigenvalue weighted by Crippen LogP contribution is -2.53. The number of hydrogen-bond acceptors (Lipinski definition) is 5. The Labute approximate surface area is 106 Å². The second kappa shape index (κ2) is 5.84. The fourth-order valence-corrected chi connectivity index (χ4v) is 1.95. The highest BCUT2D eigenvalue weighted by Gasteiger charge is 2.36. The standard InChI is InChI=1S/C12H19NO5/c1-8(2)18-10(15)4-6-12(11(16)17)5-3-9(14)13-7-12/h8H,3-7H2,1-2H3,(H,13,14)(H,16,17)/p-1/t12-/m0/s1. The van der Waals surface area contributed by atoms with Crippen LogP contribution >= 0.6 is 0 Å². The molecule has 0 aromatic carbocycles. The van der Waals surface area contributed by atoms with Crippen molar-refractivity contribution in [3.05, 3.63) is 0 Å². The predicted molar refractivity (Wildman–Crippen MR) is 60.1 cm³/mol. The zero-order valence-corrected chi connectivity index (χ0v) is 10.7. The van der Waals surface area contributed by atoms with Crippen LogP contribution in [0.15, 0.2) is 0 Å². The largest absolute Gasteiger partial charge is 0.549 e. The third kappa shape index (κ3) is 3.72. The van der Waals surface area contributed by atoms with Gasteiger partial charge < -0.3 is 20.0 Å². The molecule has 1 rings (SSSR count). The molecule has 1 amide bonds. The van der Waals surface area contributed by atoms with Crippen molar-refractivity contribution < 1.29 is 24.2 Å². The van der Waals surface area contributed by atoms with Gasteiger partial charge in [-0.2, -0.15) is 0 Å². The lowest BCUT2D eigenvalue weighted by molar-refractivity contribution is -0.320. The van der Waals surface area contributed by atoms with Crippen molar-refractivity contribution in [1.82, 2.24) is 5.32 Å². The molecular formula is C12H18NO5-. The Kier molecular flexibility index (Phi) is 4.69. The van der Waals surface area contributed by atoms with Crippen LogP contribution in [0.3, 0.4) is 0 Å². The van der Waals surface area contributed by atoms with Gasteiger partial charge in [0.05, 0.1) is 6.10 Å². The molecule has 6 nitrogen and oxygen atoms in total. The van der Waals surface area contributed by atoms with Gasteiger partial charge in [-0.05, 0) is 26.7 Å². The Morgan fingerprint density at radius 3 is 2.61 bits per heavy atom. The number of aliphatic carboxylic acids is 1. The summed E-state index contributed by atoms with van der Waals surface area (Å²) in [5, 5.41) is 13.7. The Morgan fingerprint density at radius 1 is 1.50 bits per heavy atom. The maximum atomic E-state index is 11.4. The third-order valence-corrected chi connectivity index (χ3v) is 3.06. The van der Waals surface area contributed by atoms with Crippen LogP contribution in [0.1, 0.15) is 39.5 Å². The zero-order chi connectivity index (χ0) is 13.8. The summed E-state index contributed by atoms with van der Waals surface area (Å²) < 4.78 is 4.95. The van der Waals surface area contributed by atoms with Crippen molar-refractivity contribution in [3.8, 4) is 0 Å². The molecule has 0 bridgehead atoms. The molecule has 1 atom stereocenters. The molecule has 0 aliphatic carbocycles. The average Bonchev–Trinajstić information content (AvgIpc) is 2.27. The molecule has 0 spiro atoms. The molecule has 1 aliphatic heterocycles. The van der Waals surface area contributed by atoms with Crippen molar-refractivity contribution in [2.24, 2.45) is 5.41 Å². The molecule has 0 unspecified atom stereocenters. The topological polar surface area (TPSA) is 95.5 Å². The van der Waals surface area contributed by atoms with Gasteiger partial charge in [0.15, 0.2) is 0 Å². The van der Waals surface area contributed by atoms with E-state index in [2.05, 4.69) is 5.32 Å². The van der Waals surface area contributed by atoms with Crippen molar-refractivity contribution in [2.45, 2.75) is 45.6 Å². The summed E-state index contributed by atoms with van der Waals surface area (Å²) in [7, 11) is 0. The fourth-order valence-electron chi connectivity index (χ4n) is 1.95. The number of rotatable bonds is 5. The first-order valence-corrected chi connectivity index (χ1v) is 6.03. The van der Waals surface area contributed by atoms with E-state index in [4.69, 9.17) is 4.74 Å². The van der Waals surface area contributed by atoms with Gasteiger partial charge in [-0.3, -0.25) is 9.59 Å². The number of esters is 1. The quantitative estimate of drug-likeness (QED) is 0.660. The van der Waals surface area contributed by atoms with E-state index in [1.54, 1.807) is 13.8 Å². The molecule has 1 saturated heterocycles. The molecule has 1 fully saturated rings. The summed E-state index contributed by atoms with van der Waals surface area (Å²) >= 11 is 0. The van der Waals surface area contributed by atoms with E-state index in [1.807, 2.05) is 0 Å². The third-order valence-electron chi connectivity index (χ3n) is 3.06. The highest BCUT2D eigenvalue weighted by Crippen LogP contribution is 2.31. The highest BCUT2D eigenvalue weighted by atomic mass is 16.5. The van der Waals surface area contributed by atoms with Gasteiger partial charge in [-0.1, -0.05) is 0 Å². The molecular weight excluding hydrogens is 238 g/mol. The lowest BCUT2D eigenvalue weighted by atomic mass is 9.77. The number of piperidine rings is 1. The van der Waals surface area contributed by atoms with Crippen LogP contribution in [0, 0.1) is 5.41 Å². The number of carboxylic acid groups (broad SMARTS) is 1. The van der Waals surface area contributed by atoms with E-state index < -0.39 is 17.4 Å². The summed E-state index contributed by atoms with van der Waals surface area (Å²) in [4.78, 5) is 33.6. The molecule has 102 valence electrons. The molecule has 0 saturated carbocycles. The first-order chi connectivity index (χ1) is 8.35. The Morgan fingerprint density at radius 2 is 2.17 bits per heavy atom. The van der Waals surface area contributed by atoms with Gasteiger partial charge in [0.25, 0.3) is 0 Å². The maximum Gasteiger partial charge on any atom is 0.306 e. The molecule has 1 aliphatic rings. The number of hydrogen-bond donors (Lipinski definition) is 1. The Bertz CT molecular complexity index is 340. The van der Waals surface area contributed by atoms with Crippen LogP contribution in [0.4, 0.5) is 0 Å². The lowest BCUT2D eigenvalue weighted by Gasteiger charge is -2.37. The molecule has 1 N–H and O–H groups in total. The molecule has 0 aromatic rings.